The van der Waals surface area contributed by atoms with Crippen molar-refractivity contribution in [2.45, 2.75) is 20.3 Å². The number of carbonyl (C=O) groups is 2. The molecular formula is C13H16FNO3. The number of anilines is 1. The molecule has 0 fully saturated rings. The molecule has 0 aliphatic carbocycles. The summed E-state index contributed by atoms with van der Waals surface area (Å²) in [6, 6.07) is 3.69. The monoisotopic (exact) mass is 253 g/mol. The van der Waals surface area contributed by atoms with E-state index < -0.39 is 11.8 Å². The van der Waals surface area contributed by atoms with Gasteiger partial charge < -0.3 is 10.1 Å². The number of amides is 1. The Hall–Kier alpha value is -1.91. The van der Waals surface area contributed by atoms with Gasteiger partial charge in [0.15, 0.2) is 0 Å². The number of halogens is 1. The minimum Gasteiger partial charge on any atom is -0.465 e. The maximum Gasteiger partial charge on any atom is 0.337 e. The quantitative estimate of drug-likeness (QED) is 0.839. The third-order valence-electron chi connectivity index (χ3n) is 2.26. The smallest absolute Gasteiger partial charge is 0.337 e. The molecule has 0 aliphatic heterocycles. The molecule has 1 aromatic carbocycles. The Bertz CT molecular complexity index is 458. The number of ether oxygens (including phenoxy) is 1. The van der Waals surface area contributed by atoms with E-state index in [-0.39, 0.29) is 23.1 Å². The van der Waals surface area contributed by atoms with Crippen LogP contribution in [0.3, 0.4) is 0 Å². The Morgan fingerprint density at radius 2 is 2.06 bits per heavy atom. The van der Waals surface area contributed by atoms with Crippen LogP contribution in [0.25, 0.3) is 0 Å². The number of nitrogens with one attached hydrogen (secondary N) is 1. The molecule has 1 N–H and O–H groups in total. The van der Waals surface area contributed by atoms with E-state index in [1.807, 2.05) is 13.8 Å². The van der Waals surface area contributed by atoms with Gasteiger partial charge >= 0.3 is 5.97 Å². The third kappa shape index (κ3) is 3.84. The molecule has 0 saturated heterocycles. The van der Waals surface area contributed by atoms with Crippen molar-refractivity contribution in [3.05, 3.63) is 29.6 Å². The lowest BCUT2D eigenvalue weighted by Gasteiger charge is -2.09. The van der Waals surface area contributed by atoms with Crippen molar-refractivity contribution in [2.75, 3.05) is 12.4 Å². The maximum atomic E-state index is 13.5. The molecule has 5 heteroatoms. The fourth-order valence-corrected chi connectivity index (χ4v) is 1.44. The van der Waals surface area contributed by atoms with Gasteiger partial charge in [-0.15, -0.1) is 0 Å². The molecule has 1 aromatic rings. The number of rotatable bonds is 4. The fourth-order valence-electron chi connectivity index (χ4n) is 1.44. The average Bonchev–Trinajstić information content (AvgIpc) is 2.30. The van der Waals surface area contributed by atoms with Crippen molar-refractivity contribution in [1.82, 2.24) is 0 Å². The standard InChI is InChI=1S/C13H16FNO3/c1-8(2)6-12(16)15-11-7-9(13(17)18-3)4-5-10(11)14/h4-5,7-8H,6H2,1-3H3,(H,15,16). The zero-order valence-electron chi connectivity index (χ0n) is 10.6. The lowest BCUT2D eigenvalue weighted by atomic mass is 10.1. The van der Waals surface area contributed by atoms with Crippen molar-refractivity contribution >= 4 is 17.6 Å². The van der Waals surface area contributed by atoms with Crippen LogP contribution in [0.1, 0.15) is 30.6 Å². The van der Waals surface area contributed by atoms with Crippen LogP contribution in [0.15, 0.2) is 18.2 Å². The van der Waals surface area contributed by atoms with Crippen LogP contribution < -0.4 is 5.32 Å². The van der Waals surface area contributed by atoms with Crippen molar-refractivity contribution in [3.63, 3.8) is 0 Å². The molecule has 0 atom stereocenters. The molecular weight excluding hydrogens is 237 g/mol. The SMILES string of the molecule is COC(=O)c1ccc(F)c(NC(=O)CC(C)C)c1. The number of benzene rings is 1. The first-order valence-electron chi connectivity index (χ1n) is 5.61. The number of hydrogen-bond acceptors (Lipinski definition) is 3. The Balaban J connectivity index is 2.87. The van der Waals surface area contributed by atoms with Crippen LogP contribution in [-0.2, 0) is 9.53 Å². The van der Waals surface area contributed by atoms with E-state index in [9.17, 15) is 14.0 Å². The van der Waals surface area contributed by atoms with Gasteiger partial charge in [0, 0.05) is 6.42 Å². The summed E-state index contributed by atoms with van der Waals surface area (Å²) in [5, 5.41) is 2.44. The Labute approximate surface area is 105 Å². The van der Waals surface area contributed by atoms with Gasteiger partial charge in [0.05, 0.1) is 18.4 Å². The van der Waals surface area contributed by atoms with E-state index in [1.54, 1.807) is 0 Å². The number of hydrogen-bond donors (Lipinski definition) is 1. The largest absolute Gasteiger partial charge is 0.465 e. The van der Waals surface area contributed by atoms with Gasteiger partial charge in [0.1, 0.15) is 5.82 Å². The minimum absolute atomic E-state index is 0.0106. The molecule has 0 heterocycles. The summed E-state index contributed by atoms with van der Waals surface area (Å²) in [5.74, 6) is -1.27. The van der Waals surface area contributed by atoms with Crippen LogP contribution in [0.4, 0.5) is 10.1 Å². The highest BCUT2D eigenvalue weighted by Crippen LogP contribution is 2.17. The fraction of sp³-hybridized carbons (Fsp3) is 0.385. The normalized spacial score (nSPS) is 10.3. The molecule has 0 radical (unpaired) electrons. The maximum absolute atomic E-state index is 13.5. The third-order valence-corrected chi connectivity index (χ3v) is 2.26. The van der Waals surface area contributed by atoms with Crippen LogP contribution in [0.2, 0.25) is 0 Å². The molecule has 0 saturated carbocycles. The molecule has 0 spiro atoms. The first kappa shape index (κ1) is 14.2. The summed E-state index contributed by atoms with van der Waals surface area (Å²) < 4.78 is 18.0. The van der Waals surface area contributed by atoms with Crippen molar-refractivity contribution in [2.24, 2.45) is 5.92 Å². The lowest BCUT2D eigenvalue weighted by Crippen LogP contribution is -2.15. The molecule has 0 aliphatic rings. The molecule has 98 valence electrons. The predicted octanol–water partition coefficient (Wildman–Crippen LogP) is 2.60. The van der Waals surface area contributed by atoms with Crippen molar-refractivity contribution < 1.29 is 18.7 Å². The predicted molar refractivity (Wildman–Crippen MR) is 65.8 cm³/mol. The molecule has 4 nitrogen and oxygen atoms in total. The summed E-state index contributed by atoms with van der Waals surface area (Å²) in [5.41, 5.74) is 0.183. The average molecular weight is 253 g/mol. The van der Waals surface area contributed by atoms with Gasteiger partial charge in [-0.05, 0) is 24.1 Å². The number of esters is 1. The van der Waals surface area contributed by atoms with Gasteiger partial charge in [0.25, 0.3) is 0 Å². The summed E-state index contributed by atoms with van der Waals surface area (Å²) in [7, 11) is 1.24. The molecule has 0 aromatic heterocycles. The lowest BCUT2D eigenvalue weighted by molar-refractivity contribution is -0.116. The highest BCUT2D eigenvalue weighted by molar-refractivity contribution is 5.94. The van der Waals surface area contributed by atoms with Crippen LogP contribution >= 0.6 is 0 Å². The molecule has 1 amide bonds. The van der Waals surface area contributed by atoms with Gasteiger partial charge in [-0.3, -0.25) is 4.79 Å². The van der Waals surface area contributed by atoms with E-state index in [1.165, 1.54) is 19.2 Å². The second kappa shape index (κ2) is 6.14. The second-order valence-electron chi connectivity index (χ2n) is 4.33. The van der Waals surface area contributed by atoms with Gasteiger partial charge in [-0.2, -0.15) is 0 Å². The van der Waals surface area contributed by atoms with Crippen molar-refractivity contribution in [1.29, 1.82) is 0 Å². The zero-order valence-corrected chi connectivity index (χ0v) is 10.6. The van der Waals surface area contributed by atoms with Crippen LogP contribution in [-0.4, -0.2) is 19.0 Å². The van der Waals surface area contributed by atoms with Gasteiger partial charge in [-0.25, -0.2) is 9.18 Å². The van der Waals surface area contributed by atoms with Crippen LogP contribution in [0.5, 0.6) is 0 Å². The van der Waals surface area contributed by atoms with E-state index in [0.29, 0.717) is 6.42 Å². The van der Waals surface area contributed by atoms with E-state index in [2.05, 4.69) is 10.1 Å². The second-order valence-corrected chi connectivity index (χ2v) is 4.33. The Morgan fingerprint density at radius 1 is 1.39 bits per heavy atom. The Kier molecular flexibility index (Phi) is 4.83. The molecule has 0 unspecified atom stereocenters. The summed E-state index contributed by atoms with van der Waals surface area (Å²) in [4.78, 5) is 22.8. The summed E-state index contributed by atoms with van der Waals surface area (Å²) in [6.45, 7) is 3.78. The van der Waals surface area contributed by atoms with Crippen LogP contribution in [0, 0.1) is 11.7 Å². The topological polar surface area (TPSA) is 55.4 Å². The number of methoxy groups -OCH3 is 1. The number of carbonyl (C=O) groups excluding carboxylic acids is 2. The highest BCUT2D eigenvalue weighted by Gasteiger charge is 2.12. The van der Waals surface area contributed by atoms with E-state index in [0.717, 1.165) is 6.07 Å². The van der Waals surface area contributed by atoms with Gasteiger partial charge in [0.2, 0.25) is 5.91 Å². The Morgan fingerprint density at radius 3 is 2.61 bits per heavy atom. The van der Waals surface area contributed by atoms with Gasteiger partial charge in [-0.1, -0.05) is 13.8 Å². The molecule has 18 heavy (non-hydrogen) atoms. The van der Waals surface area contributed by atoms with E-state index >= 15 is 0 Å². The van der Waals surface area contributed by atoms with E-state index in [4.69, 9.17) is 0 Å². The molecule has 0 bridgehead atoms. The molecule has 1 rings (SSSR count). The van der Waals surface area contributed by atoms with Crippen molar-refractivity contribution in [3.8, 4) is 0 Å². The zero-order chi connectivity index (χ0) is 13.7. The summed E-state index contributed by atoms with van der Waals surface area (Å²) >= 11 is 0. The summed E-state index contributed by atoms with van der Waals surface area (Å²) in [6.07, 6.45) is 0.294. The highest BCUT2D eigenvalue weighted by atomic mass is 19.1. The first-order valence-corrected chi connectivity index (χ1v) is 5.61. The first-order chi connectivity index (χ1) is 8.43. The minimum atomic E-state index is -0.584.